The van der Waals surface area contributed by atoms with Crippen molar-refractivity contribution >= 4 is 29.9 Å². The molecular weight excluding hydrogens is 453 g/mol. The molecule has 0 aromatic carbocycles. The molecule has 2 atom stereocenters. The van der Waals surface area contributed by atoms with E-state index < -0.39 is 0 Å². The number of rotatable bonds is 9. The smallest absolute Gasteiger partial charge is 0.191 e. The third-order valence-corrected chi connectivity index (χ3v) is 5.44. The largest absolute Gasteiger partial charge is 0.379 e. The summed E-state index contributed by atoms with van der Waals surface area (Å²) in [5.41, 5.74) is 0. The molecule has 0 amide bonds. The van der Waals surface area contributed by atoms with Crippen LogP contribution in [0.3, 0.4) is 0 Å². The van der Waals surface area contributed by atoms with Gasteiger partial charge in [0.05, 0.1) is 13.2 Å². The fraction of sp³-hybridized carbons (Fsp3) is 0.950. The molecule has 160 valence electrons. The lowest BCUT2D eigenvalue weighted by molar-refractivity contribution is 0.00752. The molecule has 2 fully saturated rings. The number of hydrogen-bond acceptors (Lipinski definition) is 4. The number of halogens is 1. The Bertz CT molecular complexity index is 409. The predicted molar refractivity (Wildman–Crippen MR) is 125 cm³/mol. The summed E-state index contributed by atoms with van der Waals surface area (Å²) >= 11 is 0. The Morgan fingerprint density at radius 2 is 1.70 bits per heavy atom. The van der Waals surface area contributed by atoms with Crippen molar-refractivity contribution in [3.63, 3.8) is 0 Å². The first-order valence-corrected chi connectivity index (χ1v) is 10.7. The molecule has 0 aromatic heterocycles. The highest BCUT2D eigenvalue weighted by molar-refractivity contribution is 14.0. The van der Waals surface area contributed by atoms with E-state index in [0.29, 0.717) is 17.9 Å². The SMILES string of the molecule is CCNC(=NCC(C)CN1CCCC1)NCC(C(C)C)N1CCOCC1.I. The summed E-state index contributed by atoms with van der Waals surface area (Å²) < 4.78 is 5.51. The molecule has 0 radical (unpaired) electrons. The van der Waals surface area contributed by atoms with Crippen LogP contribution >= 0.6 is 24.0 Å². The van der Waals surface area contributed by atoms with Gasteiger partial charge in [-0.2, -0.15) is 0 Å². The number of hydrogen-bond donors (Lipinski definition) is 2. The molecule has 2 aliphatic heterocycles. The number of morpholine rings is 1. The van der Waals surface area contributed by atoms with E-state index >= 15 is 0 Å². The highest BCUT2D eigenvalue weighted by atomic mass is 127. The van der Waals surface area contributed by atoms with Gasteiger partial charge in [0.2, 0.25) is 0 Å². The summed E-state index contributed by atoms with van der Waals surface area (Å²) in [7, 11) is 0. The molecule has 0 spiro atoms. The van der Waals surface area contributed by atoms with Crippen LogP contribution in [0.15, 0.2) is 4.99 Å². The van der Waals surface area contributed by atoms with Gasteiger partial charge in [-0.05, 0) is 44.7 Å². The molecule has 2 saturated heterocycles. The van der Waals surface area contributed by atoms with Crippen LogP contribution in [-0.2, 0) is 4.74 Å². The first kappa shape index (κ1) is 24.9. The van der Waals surface area contributed by atoms with Gasteiger partial charge < -0.3 is 20.3 Å². The molecule has 7 heteroatoms. The minimum absolute atomic E-state index is 0. The van der Waals surface area contributed by atoms with Crippen molar-refractivity contribution in [1.82, 2.24) is 20.4 Å². The molecule has 0 aromatic rings. The van der Waals surface area contributed by atoms with E-state index in [1.807, 2.05) is 0 Å². The third kappa shape index (κ3) is 9.28. The number of likely N-dealkylation sites (tertiary alicyclic amines) is 1. The van der Waals surface area contributed by atoms with Crippen LogP contribution in [-0.4, -0.2) is 87.4 Å². The standard InChI is InChI=1S/C20H41N5O.HI/c1-5-21-20(22-14-18(4)16-24-8-6-7-9-24)23-15-19(17(2)3)25-10-12-26-13-11-25;/h17-19H,5-16H2,1-4H3,(H2,21,22,23);1H. The van der Waals surface area contributed by atoms with E-state index in [9.17, 15) is 0 Å². The van der Waals surface area contributed by atoms with Crippen molar-refractivity contribution in [2.75, 3.05) is 65.6 Å². The fourth-order valence-electron chi connectivity index (χ4n) is 3.95. The van der Waals surface area contributed by atoms with Gasteiger partial charge in [-0.3, -0.25) is 9.89 Å². The highest BCUT2D eigenvalue weighted by Gasteiger charge is 2.24. The number of ether oxygens (including phenoxy) is 1. The van der Waals surface area contributed by atoms with Crippen molar-refractivity contribution in [2.24, 2.45) is 16.8 Å². The summed E-state index contributed by atoms with van der Waals surface area (Å²) in [4.78, 5) is 9.99. The average Bonchev–Trinajstić information content (AvgIpc) is 3.13. The topological polar surface area (TPSA) is 52.1 Å². The van der Waals surface area contributed by atoms with Gasteiger partial charge in [0.1, 0.15) is 0 Å². The molecule has 2 unspecified atom stereocenters. The van der Waals surface area contributed by atoms with Crippen LogP contribution in [0.25, 0.3) is 0 Å². The van der Waals surface area contributed by atoms with E-state index in [-0.39, 0.29) is 24.0 Å². The lowest BCUT2D eigenvalue weighted by Gasteiger charge is -2.37. The van der Waals surface area contributed by atoms with Crippen LogP contribution in [0.4, 0.5) is 0 Å². The zero-order valence-corrected chi connectivity index (χ0v) is 20.2. The van der Waals surface area contributed by atoms with Gasteiger partial charge in [-0.25, -0.2) is 0 Å². The van der Waals surface area contributed by atoms with Crippen molar-refractivity contribution in [2.45, 2.75) is 46.6 Å². The lowest BCUT2D eigenvalue weighted by atomic mass is 10.0. The first-order chi connectivity index (χ1) is 12.6. The van der Waals surface area contributed by atoms with E-state index in [0.717, 1.165) is 51.9 Å². The molecular formula is C20H42IN5O. The zero-order chi connectivity index (χ0) is 18.8. The molecule has 0 aliphatic carbocycles. The van der Waals surface area contributed by atoms with Crippen LogP contribution in [0.5, 0.6) is 0 Å². The summed E-state index contributed by atoms with van der Waals surface area (Å²) in [6.07, 6.45) is 2.72. The highest BCUT2D eigenvalue weighted by Crippen LogP contribution is 2.12. The van der Waals surface area contributed by atoms with Crippen LogP contribution in [0.2, 0.25) is 0 Å². The number of aliphatic imine (C=N–C) groups is 1. The number of guanidine groups is 1. The first-order valence-electron chi connectivity index (χ1n) is 10.7. The Labute approximate surface area is 183 Å². The zero-order valence-electron chi connectivity index (χ0n) is 17.9. The van der Waals surface area contributed by atoms with Gasteiger partial charge in [-0.15, -0.1) is 24.0 Å². The molecule has 2 N–H and O–H groups in total. The number of nitrogens with one attached hydrogen (secondary N) is 2. The average molecular weight is 495 g/mol. The quantitative estimate of drug-likeness (QED) is 0.292. The van der Waals surface area contributed by atoms with Gasteiger partial charge in [0, 0.05) is 45.3 Å². The minimum Gasteiger partial charge on any atom is -0.379 e. The van der Waals surface area contributed by atoms with Gasteiger partial charge in [0.15, 0.2) is 5.96 Å². The maximum Gasteiger partial charge on any atom is 0.191 e. The predicted octanol–water partition coefficient (Wildman–Crippen LogP) is 2.25. The lowest BCUT2D eigenvalue weighted by Crippen LogP contribution is -2.52. The van der Waals surface area contributed by atoms with Crippen molar-refractivity contribution in [3.8, 4) is 0 Å². The summed E-state index contributed by atoms with van der Waals surface area (Å²) in [5, 5.41) is 7.00. The maximum absolute atomic E-state index is 5.51. The summed E-state index contributed by atoms with van der Waals surface area (Å²) in [5.74, 6) is 2.17. The Morgan fingerprint density at radius 1 is 1.04 bits per heavy atom. The monoisotopic (exact) mass is 495 g/mol. The summed E-state index contributed by atoms with van der Waals surface area (Å²) in [6, 6.07) is 0.518. The molecule has 2 rings (SSSR count). The second-order valence-electron chi connectivity index (χ2n) is 8.17. The molecule has 27 heavy (non-hydrogen) atoms. The van der Waals surface area contributed by atoms with Crippen molar-refractivity contribution in [3.05, 3.63) is 0 Å². The normalized spacial score (nSPS) is 21.7. The fourth-order valence-corrected chi connectivity index (χ4v) is 3.95. The van der Waals surface area contributed by atoms with Crippen molar-refractivity contribution < 1.29 is 4.74 Å². The Morgan fingerprint density at radius 3 is 2.30 bits per heavy atom. The van der Waals surface area contributed by atoms with E-state index in [4.69, 9.17) is 9.73 Å². The Kier molecular flexibility index (Phi) is 12.9. The third-order valence-electron chi connectivity index (χ3n) is 5.44. The maximum atomic E-state index is 5.51. The van der Waals surface area contributed by atoms with E-state index in [1.54, 1.807) is 0 Å². The van der Waals surface area contributed by atoms with E-state index in [1.165, 1.54) is 32.5 Å². The van der Waals surface area contributed by atoms with Crippen LogP contribution < -0.4 is 10.6 Å². The molecule has 2 aliphatic rings. The van der Waals surface area contributed by atoms with Gasteiger partial charge >= 0.3 is 0 Å². The molecule has 6 nitrogen and oxygen atoms in total. The Balaban J connectivity index is 0.00000364. The van der Waals surface area contributed by atoms with E-state index in [2.05, 4.69) is 48.1 Å². The molecule has 0 bridgehead atoms. The van der Waals surface area contributed by atoms with Crippen LogP contribution in [0.1, 0.15) is 40.5 Å². The summed E-state index contributed by atoms with van der Waals surface area (Å²) in [6.45, 7) is 19.3. The minimum atomic E-state index is 0. The molecule has 2 heterocycles. The second-order valence-corrected chi connectivity index (χ2v) is 8.17. The van der Waals surface area contributed by atoms with Gasteiger partial charge in [-0.1, -0.05) is 20.8 Å². The molecule has 0 saturated carbocycles. The number of nitrogens with zero attached hydrogens (tertiary/aromatic N) is 3. The van der Waals surface area contributed by atoms with Gasteiger partial charge in [0.25, 0.3) is 0 Å². The Hall–Kier alpha value is -0.120. The second kappa shape index (κ2) is 14.0. The van der Waals surface area contributed by atoms with Crippen molar-refractivity contribution in [1.29, 1.82) is 0 Å². The van der Waals surface area contributed by atoms with Crippen LogP contribution in [0, 0.1) is 11.8 Å².